The molecule has 6 aromatic rings. The fraction of sp³-hybridized carbons (Fsp3) is 0.0714. The van der Waals surface area contributed by atoms with Gasteiger partial charge in [0.15, 0.2) is 0 Å². The van der Waals surface area contributed by atoms with Gasteiger partial charge in [0, 0.05) is 37.2 Å². The maximum Gasteiger partial charge on any atom is 0.111 e. The van der Waals surface area contributed by atoms with Gasteiger partial charge in [-0.15, -0.1) is 0 Å². The maximum absolute atomic E-state index is 4.67. The second-order valence-corrected chi connectivity index (χ2v) is 8.33. The summed E-state index contributed by atoms with van der Waals surface area (Å²) in [6.45, 7) is 1.26. The summed E-state index contributed by atoms with van der Waals surface area (Å²) in [5, 5.41) is 9.33. The van der Waals surface area contributed by atoms with E-state index in [0.717, 1.165) is 45.3 Å². The van der Waals surface area contributed by atoms with Gasteiger partial charge >= 0.3 is 0 Å². The van der Waals surface area contributed by atoms with Crippen LogP contribution >= 0.6 is 0 Å². The lowest BCUT2D eigenvalue weighted by Crippen LogP contribution is -2.03. The Bertz CT molecular complexity index is 1470. The molecule has 6 rings (SSSR count). The first kappa shape index (κ1) is 21.5. The lowest BCUT2D eigenvalue weighted by molar-refractivity contribution is 0.687. The number of rotatable bonds is 7. The van der Waals surface area contributed by atoms with E-state index in [2.05, 4.69) is 42.3 Å². The fourth-order valence-corrected chi connectivity index (χ4v) is 4.00. The molecule has 6 heterocycles. The normalized spacial score (nSPS) is 11.0. The molecular weight excluding hydrogens is 448 g/mol. The second kappa shape index (κ2) is 9.71. The van der Waals surface area contributed by atoms with Crippen molar-refractivity contribution in [2.24, 2.45) is 0 Å². The van der Waals surface area contributed by atoms with E-state index in [1.807, 2.05) is 94.8 Å². The number of aromatic nitrogens is 8. The standard InChI is InChI=1S/C28H22N8/c1-3-11-29-23(5-1)25-9-15-35(33-25)19-21-7-13-31-27(17-21)28-18-22(8-14-32-28)20-36-16-10-26(34-36)24-6-2-4-12-30-24/h1-18H,19-20H2. The van der Waals surface area contributed by atoms with Crippen LogP contribution in [0.15, 0.2) is 110 Å². The van der Waals surface area contributed by atoms with Crippen LogP contribution in [0, 0.1) is 0 Å². The van der Waals surface area contributed by atoms with Gasteiger partial charge < -0.3 is 0 Å². The van der Waals surface area contributed by atoms with Gasteiger partial charge in [-0.25, -0.2) is 0 Å². The van der Waals surface area contributed by atoms with Crippen molar-refractivity contribution in [1.29, 1.82) is 0 Å². The predicted molar refractivity (Wildman–Crippen MR) is 137 cm³/mol. The Kier molecular flexibility index (Phi) is 5.81. The smallest absolute Gasteiger partial charge is 0.111 e. The van der Waals surface area contributed by atoms with Gasteiger partial charge in [0.05, 0.1) is 35.9 Å². The number of hydrogen-bond acceptors (Lipinski definition) is 6. The maximum atomic E-state index is 4.67. The molecule has 0 aliphatic carbocycles. The summed E-state index contributed by atoms with van der Waals surface area (Å²) in [6.07, 6.45) is 11.1. The first-order chi connectivity index (χ1) is 17.8. The highest BCUT2D eigenvalue weighted by atomic mass is 15.3. The molecule has 0 aromatic carbocycles. The van der Waals surface area contributed by atoms with Crippen LogP contribution in [0.3, 0.4) is 0 Å². The van der Waals surface area contributed by atoms with Crippen molar-refractivity contribution in [2.75, 3.05) is 0 Å². The molecule has 8 heteroatoms. The molecule has 0 spiro atoms. The Hall–Kier alpha value is -4.98. The molecule has 0 radical (unpaired) electrons. The zero-order valence-electron chi connectivity index (χ0n) is 19.4. The predicted octanol–water partition coefficient (Wildman–Crippen LogP) is 4.76. The van der Waals surface area contributed by atoms with Crippen molar-refractivity contribution >= 4 is 0 Å². The third-order valence-corrected chi connectivity index (χ3v) is 5.74. The van der Waals surface area contributed by atoms with E-state index in [1.54, 1.807) is 12.4 Å². The van der Waals surface area contributed by atoms with Gasteiger partial charge in [-0.1, -0.05) is 12.1 Å². The average molecular weight is 471 g/mol. The number of hydrogen-bond donors (Lipinski definition) is 0. The summed E-state index contributed by atoms with van der Waals surface area (Å²) in [6, 6.07) is 23.7. The van der Waals surface area contributed by atoms with Crippen LogP contribution < -0.4 is 0 Å². The van der Waals surface area contributed by atoms with Crippen molar-refractivity contribution in [3.05, 3.63) is 121 Å². The molecule has 0 bridgehead atoms. The van der Waals surface area contributed by atoms with E-state index >= 15 is 0 Å². The van der Waals surface area contributed by atoms with Gasteiger partial charge in [0.25, 0.3) is 0 Å². The van der Waals surface area contributed by atoms with Crippen LogP contribution in [-0.2, 0) is 13.1 Å². The molecule has 0 N–H and O–H groups in total. The van der Waals surface area contributed by atoms with Crippen LogP contribution in [0.25, 0.3) is 34.2 Å². The Morgan fingerprint density at radius 3 is 1.36 bits per heavy atom. The monoisotopic (exact) mass is 470 g/mol. The van der Waals surface area contributed by atoms with E-state index in [-0.39, 0.29) is 0 Å². The summed E-state index contributed by atoms with van der Waals surface area (Å²) >= 11 is 0. The summed E-state index contributed by atoms with van der Waals surface area (Å²) in [7, 11) is 0. The van der Waals surface area contributed by atoms with E-state index in [1.165, 1.54) is 0 Å². The molecular formula is C28H22N8. The summed E-state index contributed by atoms with van der Waals surface area (Å²) < 4.78 is 3.81. The van der Waals surface area contributed by atoms with Crippen molar-refractivity contribution in [2.45, 2.75) is 13.1 Å². The van der Waals surface area contributed by atoms with E-state index in [0.29, 0.717) is 13.1 Å². The molecule has 0 aliphatic heterocycles. The lowest BCUT2D eigenvalue weighted by atomic mass is 10.1. The average Bonchev–Trinajstić information content (AvgIpc) is 3.60. The Labute approximate surface area is 208 Å². The first-order valence-electron chi connectivity index (χ1n) is 11.6. The fourth-order valence-electron chi connectivity index (χ4n) is 4.00. The molecule has 0 fully saturated rings. The molecule has 36 heavy (non-hydrogen) atoms. The summed E-state index contributed by atoms with van der Waals surface area (Å²) in [4.78, 5) is 17.9. The van der Waals surface area contributed by atoms with Crippen LogP contribution in [0.5, 0.6) is 0 Å². The van der Waals surface area contributed by atoms with E-state index in [4.69, 9.17) is 0 Å². The van der Waals surface area contributed by atoms with Gasteiger partial charge in [0.2, 0.25) is 0 Å². The molecule has 0 saturated carbocycles. The largest absolute Gasteiger partial charge is 0.268 e. The molecule has 0 amide bonds. The highest BCUT2D eigenvalue weighted by molar-refractivity contribution is 5.56. The zero-order valence-corrected chi connectivity index (χ0v) is 19.4. The topological polar surface area (TPSA) is 87.2 Å². The van der Waals surface area contributed by atoms with Gasteiger partial charge in [-0.05, 0) is 71.8 Å². The molecule has 6 aromatic heterocycles. The molecule has 0 atom stereocenters. The van der Waals surface area contributed by atoms with Crippen LogP contribution in [-0.4, -0.2) is 39.5 Å². The minimum Gasteiger partial charge on any atom is -0.268 e. The minimum atomic E-state index is 0.631. The molecule has 0 aliphatic rings. The SMILES string of the molecule is c1ccc(-c2ccn(Cc3ccnc(-c4cc(Cn5ccc(-c6ccccn6)n5)ccn4)c3)n2)nc1. The third-order valence-electron chi connectivity index (χ3n) is 5.74. The Morgan fingerprint density at radius 1 is 0.444 bits per heavy atom. The van der Waals surface area contributed by atoms with Crippen molar-refractivity contribution < 1.29 is 0 Å². The second-order valence-electron chi connectivity index (χ2n) is 8.33. The van der Waals surface area contributed by atoms with Crippen molar-refractivity contribution in [3.63, 3.8) is 0 Å². The number of pyridine rings is 4. The van der Waals surface area contributed by atoms with E-state index < -0.39 is 0 Å². The molecule has 0 saturated heterocycles. The summed E-state index contributed by atoms with van der Waals surface area (Å²) in [5.74, 6) is 0. The Balaban J connectivity index is 1.18. The van der Waals surface area contributed by atoms with Crippen LogP contribution in [0.1, 0.15) is 11.1 Å². The van der Waals surface area contributed by atoms with E-state index in [9.17, 15) is 0 Å². The van der Waals surface area contributed by atoms with Gasteiger partial charge in [-0.2, -0.15) is 10.2 Å². The quantitative estimate of drug-likeness (QED) is 0.334. The Morgan fingerprint density at radius 2 is 0.917 bits per heavy atom. The van der Waals surface area contributed by atoms with Crippen LogP contribution in [0.2, 0.25) is 0 Å². The van der Waals surface area contributed by atoms with Crippen molar-refractivity contribution in [3.8, 4) is 34.2 Å². The first-order valence-corrected chi connectivity index (χ1v) is 11.6. The van der Waals surface area contributed by atoms with Crippen LogP contribution in [0.4, 0.5) is 0 Å². The highest BCUT2D eigenvalue weighted by Crippen LogP contribution is 2.20. The molecule has 8 nitrogen and oxygen atoms in total. The third kappa shape index (κ3) is 4.78. The van der Waals surface area contributed by atoms with Crippen molar-refractivity contribution in [1.82, 2.24) is 39.5 Å². The minimum absolute atomic E-state index is 0.631. The lowest BCUT2D eigenvalue weighted by Gasteiger charge is -2.07. The summed E-state index contributed by atoms with van der Waals surface area (Å²) in [5.41, 5.74) is 7.24. The molecule has 174 valence electrons. The number of nitrogens with zero attached hydrogens (tertiary/aromatic N) is 8. The van der Waals surface area contributed by atoms with Gasteiger partial charge in [0.1, 0.15) is 11.4 Å². The van der Waals surface area contributed by atoms with Gasteiger partial charge in [-0.3, -0.25) is 29.3 Å². The molecule has 0 unspecified atom stereocenters. The zero-order chi connectivity index (χ0) is 24.2. The highest BCUT2D eigenvalue weighted by Gasteiger charge is 2.08.